The van der Waals surface area contributed by atoms with E-state index in [4.69, 9.17) is 23.2 Å². The zero-order valence-electron chi connectivity index (χ0n) is 8.13. The van der Waals surface area contributed by atoms with Crippen LogP contribution in [-0.2, 0) is 9.84 Å². The van der Waals surface area contributed by atoms with E-state index in [0.717, 1.165) is 0 Å². The zero-order valence-corrected chi connectivity index (χ0v) is 10.5. The van der Waals surface area contributed by atoms with Gasteiger partial charge >= 0.3 is 0 Å². The van der Waals surface area contributed by atoms with Crippen LogP contribution in [-0.4, -0.2) is 20.8 Å². The van der Waals surface area contributed by atoms with Crippen molar-refractivity contribution < 1.29 is 8.42 Å². The van der Waals surface area contributed by atoms with E-state index in [1.54, 1.807) is 0 Å². The normalized spacial score (nSPS) is 11.7. The Morgan fingerprint density at radius 2 is 1.93 bits per heavy atom. The lowest BCUT2D eigenvalue weighted by molar-refractivity contribution is 0.588. The Morgan fingerprint density at radius 3 is 2.47 bits per heavy atom. The summed E-state index contributed by atoms with van der Waals surface area (Å²) in [6.45, 7) is 2.44. The van der Waals surface area contributed by atoms with Gasteiger partial charge in [0.1, 0.15) is 5.88 Å². The fraction of sp³-hybridized carbons (Fsp3) is 0.333. The smallest absolute Gasteiger partial charge is 0.191 e. The van der Waals surface area contributed by atoms with Crippen LogP contribution in [0.4, 0.5) is 0 Å². The van der Waals surface area contributed by atoms with Gasteiger partial charge < -0.3 is 5.32 Å². The molecule has 0 saturated heterocycles. The summed E-state index contributed by atoms with van der Waals surface area (Å²) in [4.78, 5) is 0.179. The predicted octanol–water partition coefficient (Wildman–Crippen LogP) is 2.33. The summed E-state index contributed by atoms with van der Waals surface area (Å²) in [7, 11) is -3.32. The van der Waals surface area contributed by atoms with Crippen molar-refractivity contribution in [3.63, 3.8) is 0 Å². The predicted molar refractivity (Wildman–Crippen MR) is 62.2 cm³/mol. The summed E-state index contributed by atoms with van der Waals surface area (Å²) in [6.07, 6.45) is 0. The van der Waals surface area contributed by atoms with Crippen molar-refractivity contribution in [1.82, 2.24) is 5.32 Å². The maximum Gasteiger partial charge on any atom is 0.191 e. The second kappa shape index (κ2) is 5.16. The van der Waals surface area contributed by atoms with Crippen molar-refractivity contribution in [2.75, 3.05) is 12.4 Å². The molecule has 0 atom stereocenters. The molecule has 1 aromatic carbocycles. The lowest BCUT2D eigenvalue weighted by Crippen LogP contribution is -2.22. The van der Waals surface area contributed by atoms with Gasteiger partial charge in [-0.3, -0.25) is 0 Å². The van der Waals surface area contributed by atoms with Crippen LogP contribution in [0, 0.1) is 0 Å². The molecule has 0 aliphatic heterocycles. The Labute approximate surface area is 99.3 Å². The van der Waals surface area contributed by atoms with Crippen LogP contribution in [0.1, 0.15) is 6.92 Å². The summed E-state index contributed by atoms with van der Waals surface area (Å²) in [5, 5.41) is 3.35. The first-order valence-electron chi connectivity index (χ1n) is 4.36. The number of benzene rings is 1. The number of halogens is 2. The maximum atomic E-state index is 11.7. The van der Waals surface area contributed by atoms with Gasteiger partial charge in [0, 0.05) is 0 Å². The van der Waals surface area contributed by atoms with Gasteiger partial charge in [0.15, 0.2) is 9.84 Å². The molecule has 0 aliphatic carbocycles. The number of nitrogens with one attached hydrogen (secondary N) is 1. The minimum atomic E-state index is -3.32. The van der Waals surface area contributed by atoms with Gasteiger partial charge in [0.05, 0.1) is 14.9 Å². The first-order chi connectivity index (χ1) is 6.97. The molecule has 84 valence electrons. The Hall–Kier alpha value is -0.290. The maximum absolute atomic E-state index is 11.7. The number of sulfone groups is 1. The first kappa shape index (κ1) is 12.8. The molecule has 1 aromatic rings. The number of hydrogen-bond donors (Lipinski definition) is 1. The van der Waals surface area contributed by atoms with Crippen molar-refractivity contribution in [3.8, 4) is 0 Å². The average Bonchev–Trinajstić information content (AvgIpc) is 2.19. The lowest BCUT2D eigenvalue weighted by Gasteiger charge is -2.05. The SMILES string of the molecule is CCNCS(=O)(=O)c1ccc(Cl)c(Cl)c1. The molecule has 0 saturated carbocycles. The van der Waals surface area contributed by atoms with Crippen LogP contribution >= 0.6 is 23.2 Å². The van der Waals surface area contributed by atoms with E-state index < -0.39 is 9.84 Å². The highest BCUT2D eigenvalue weighted by atomic mass is 35.5. The molecule has 0 unspecified atom stereocenters. The van der Waals surface area contributed by atoms with E-state index in [1.807, 2.05) is 6.92 Å². The minimum absolute atomic E-state index is 0.0958. The van der Waals surface area contributed by atoms with Crippen molar-refractivity contribution in [2.24, 2.45) is 0 Å². The van der Waals surface area contributed by atoms with E-state index in [0.29, 0.717) is 11.6 Å². The highest BCUT2D eigenvalue weighted by molar-refractivity contribution is 7.91. The van der Waals surface area contributed by atoms with Gasteiger partial charge in [-0.2, -0.15) is 0 Å². The molecule has 0 radical (unpaired) electrons. The molecule has 0 spiro atoms. The Kier molecular flexibility index (Phi) is 4.40. The summed E-state index contributed by atoms with van der Waals surface area (Å²) >= 11 is 11.4. The largest absolute Gasteiger partial charge is 0.304 e. The van der Waals surface area contributed by atoms with Crippen molar-refractivity contribution in [3.05, 3.63) is 28.2 Å². The van der Waals surface area contributed by atoms with Crippen molar-refractivity contribution in [1.29, 1.82) is 0 Å². The molecule has 1 N–H and O–H groups in total. The van der Waals surface area contributed by atoms with Gasteiger partial charge in [0.2, 0.25) is 0 Å². The van der Waals surface area contributed by atoms with Gasteiger partial charge in [-0.15, -0.1) is 0 Å². The molecule has 0 fully saturated rings. The average molecular weight is 268 g/mol. The lowest BCUT2D eigenvalue weighted by atomic mass is 10.4. The van der Waals surface area contributed by atoms with Crippen LogP contribution in [0.3, 0.4) is 0 Å². The van der Waals surface area contributed by atoms with E-state index >= 15 is 0 Å². The zero-order chi connectivity index (χ0) is 11.5. The molecule has 1 rings (SSSR count). The Bertz CT molecular complexity index is 445. The van der Waals surface area contributed by atoms with Crippen molar-refractivity contribution in [2.45, 2.75) is 11.8 Å². The third-order valence-corrected chi connectivity index (χ3v) is 4.09. The molecule has 6 heteroatoms. The summed E-state index contributed by atoms with van der Waals surface area (Å²) in [5.41, 5.74) is 0. The second-order valence-corrected chi connectivity index (χ2v) is 5.74. The van der Waals surface area contributed by atoms with E-state index in [9.17, 15) is 8.42 Å². The van der Waals surface area contributed by atoms with Crippen LogP contribution in [0.15, 0.2) is 23.1 Å². The third-order valence-electron chi connectivity index (χ3n) is 1.79. The molecule has 0 aliphatic rings. The molecular weight excluding hydrogens is 257 g/mol. The van der Waals surface area contributed by atoms with Crippen LogP contribution in [0.5, 0.6) is 0 Å². The third kappa shape index (κ3) is 3.34. The summed E-state index contributed by atoms with van der Waals surface area (Å²) < 4.78 is 23.4. The van der Waals surface area contributed by atoms with Crippen LogP contribution < -0.4 is 5.32 Å². The number of hydrogen-bond acceptors (Lipinski definition) is 3. The van der Waals surface area contributed by atoms with Gasteiger partial charge in [-0.1, -0.05) is 30.1 Å². The molecular formula is C9H11Cl2NO2S. The van der Waals surface area contributed by atoms with E-state index in [2.05, 4.69) is 5.32 Å². The summed E-state index contributed by atoms with van der Waals surface area (Å²) in [5.74, 6) is -0.0958. The molecule has 0 bridgehead atoms. The molecule has 0 heterocycles. The van der Waals surface area contributed by atoms with Gasteiger partial charge in [-0.25, -0.2) is 8.42 Å². The number of rotatable bonds is 4. The van der Waals surface area contributed by atoms with Crippen molar-refractivity contribution >= 4 is 33.0 Å². The molecule has 3 nitrogen and oxygen atoms in total. The highest BCUT2D eigenvalue weighted by Crippen LogP contribution is 2.24. The monoisotopic (exact) mass is 267 g/mol. The minimum Gasteiger partial charge on any atom is -0.304 e. The van der Waals surface area contributed by atoms with Crippen LogP contribution in [0.25, 0.3) is 0 Å². The fourth-order valence-electron chi connectivity index (χ4n) is 0.990. The van der Waals surface area contributed by atoms with Gasteiger partial charge in [0.25, 0.3) is 0 Å². The Morgan fingerprint density at radius 1 is 1.27 bits per heavy atom. The fourth-order valence-corrected chi connectivity index (χ4v) is 2.57. The highest BCUT2D eigenvalue weighted by Gasteiger charge is 2.14. The van der Waals surface area contributed by atoms with E-state index in [1.165, 1.54) is 18.2 Å². The molecule has 15 heavy (non-hydrogen) atoms. The standard InChI is InChI=1S/C9H11Cl2NO2S/c1-2-12-6-15(13,14)7-3-4-8(10)9(11)5-7/h3-5,12H,2,6H2,1H3. The van der Waals surface area contributed by atoms with Crippen LogP contribution in [0.2, 0.25) is 10.0 Å². The summed E-state index contributed by atoms with van der Waals surface area (Å²) in [6, 6.07) is 4.28. The first-order valence-corrected chi connectivity index (χ1v) is 6.76. The quantitative estimate of drug-likeness (QED) is 0.911. The molecule has 0 aromatic heterocycles. The van der Waals surface area contributed by atoms with E-state index in [-0.39, 0.29) is 15.8 Å². The Balaban J connectivity index is 3.00. The topological polar surface area (TPSA) is 46.2 Å². The molecule has 0 amide bonds. The van der Waals surface area contributed by atoms with Gasteiger partial charge in [-0.05, 0) is 24.7 Å². The second-order valence-electron chi connectivity index (χ2n) is 2.94.